The Morgan fingerprint density at radius 3 is 2.18 bits per heavy atom. The molecule has 1 unspecified atom stereocenters. The molecule has 2 N–H and O–H groups in total. The third-order valence-corrected chi connectivity index (χ3v) is 6.35. The summed E-state index contributed by atoms with van der Waals surface area (Å²) in [7, 11) is -3.43. The van der Waals surface area contributed by atoms with Crippen molar-refractivity contribution in [3.8, 4) is 11.5 Å². The van der Waals surface area contributed by atoms with Gasteiger partial charge in [0.2, 0.25) is 10.0 Å². The molecular formula is C23H29Cl2NO6S. The van der Waals surface area contributed by atoms with E-state index in [9.17, 15) is 18.3 Å². The highest BCUT2D eigenvalue weighted by Gasteiger charge is 2.26. The minimum Gasteiger partial charge on any atom is -0.488 e. The van der Waals surface area contributed by atoms with Crippen LogP contribution in [0.2, 0.25) is 10.0 Å². The predicted octanol–water partition coefficient (Wildman–Crippen LogP) is 3.97. The lowest BCUT2D eigenvalue weighted by Gasteiger charge is -2.27. The number of sulfonamides is 1. The Morgan fingerprint density at radius 2 is 1.67 bits per heavy atom. The maximum atomic E-state index is 11.8. The van der Waals surface area contributed by atoms with Crippen molar-refractivity contribution in [1.29, 1.82) is 0 Å². The van der Waals surface area contributed by atoms with Gasteiger partial charge in [-0.3, -0.25) is 4.79 Å². The second-order valence-electron chi connectivity index (χ2n) is 8.21. The summed E-state index contributed by atoms with van der Waals surface area (Å²) in [4.78, 5) is 11.8. The number of benzene rings is 2. The Morgan fingerprint density at radius 1 is 1.09 bits per heavy atom. The number of hydrogen-bond acceptors (Lipinski definition) is 6. The number of nitrogens with one attached hydrogen (secondary N) is 1. The van der Waals surface area contributed by atoms with E-state index in [4.69, 9.17) is 32.7 Å². The van der Waals surface area contributed by atoms with Crippen LogP contribution in [0.15, 0.2) is 36.4 Å². The summed E-state index contributed by atoms with van der Waals surface area (Å²) in [5.74, 6) is 0.434. The minimum absolute atomic E-state index is 0.104. The Hall–Kier alpha value is -1.84. The van der Waals surface area contributed by atoms with Crippen LogP contribution in [0, 0.1) is 0 Å². The molecule has 0 spiro atoms. The van der Waals surface area contributed by atoms with Crippen LogP contribution in [0.3, 0.4) is 0 Å². The molecule has 2 aromatic rings. The number of ketones is 1. The van der Waals surface area contributed by atoms with Crippen molar-refractivity contribution in [2.45, 2.75) is 38.7 Å². The summed E-state index contributed by atoms with van der Waals surface area (Å²) in [6.45, 7) is 5.44. The fourth-order valence-electron chi connectivity index (χ4n) is 2.92. The molecule has 0 heterocycles. The summed E-state index contributed by atoms with van der Waals surface area (Å²) < 4.78 is 35.3. The minimum atomic E-state index is -3.43. The van der Waals surface area contributed by atoms with Crippen molar-refractivity contribution in [2.75, 3.05) is 26.0 Å². The van der Waals surface area contributed by atoms with Gasteiger partial charge in [0, 0.05) is 5.41 Å². The molecule has 10 heteroatoms. The maximum absolute atomic E-state index is 11.8. The van der Waals surface area contributed by atoms with Crippen molar-refractivity contribution in [2.24, 2.45) is 0 Å². The first-order chi connectivity index (χ1) is 15.3. The summed E-state index contributed by atoms with van der Waals surface area (Å²) in [6.07, 6.45) is 0.950. The van der Waals surface area contributed by atoms with Gasteiger partial charge >= 0.3 is 0 Å². The molecule has 182 valence electrons. The molecule has 0 aliphatic rings. The van der Waals surface area contributed by atoms with Crippen LogP contribution in [0.5, 0.6) is 11.5 Å². The van der Waals surface area contributed by atoms with Crippen LogP contribution in [0.4, 0.5) is 0 Å². The normalized spacial score (nSPS) is 12.9. The number of halogens is 2. The average molecular weight is 518 g/mol. The number of carbonyl (C=O) groups excluding carboxylic acids is 1. The summed E-state index contributed by atoms with van der Waals surface area (Å²) in [6, 6.07) is 10.8. The summed E-state index contributed by atoms with van der Waals surface area (Å²) in [5.41, 5.74) is 1.38. The molecule has 0 saturated carbocycles. The van der Waals surface area contributed by atoms with E-state index in [1.165, 1.54) is 0 Å². The molecule has 2 rings (SSSR count). The van der Waals surface area contributed by atoms with Gasteiger partial charge in [0.1, 0.15) is 19.0 Å². The topological polar surface area (TPSA) is 102 Å². The van der Waals surface area contributed by atoms with Gasteiger partial charge in [0.25, 0.3) is 0 Å². The Kier molecular flexibility index (Phi) is 9.58. The SMILES string of the molecule is CCC(O)COc1c(Cl)cc(C(C)(C)c2ccc(OCC(=O)CNS(C)(=O)=O)cc2)cc1Cl. The number of carbonyl (C=O) groups is 1. The average Bonchev–Trinajstić information content (AvgIpc) is 2.75. The molecule has 0 saturated heterocycles. The molecule has 0 aliphatic carbocycles. The van der Waals surface area contributed by atoms with Crippen molar-refractivity contribution >= 4 is 39.0 Å². The van der Waals surface area contributed by atoms with Gasteiger partial charge in [-0.15, -0.1) is 0 Å². The summed E-state index contributed by atoms with van der Waals surface area (Å²) >= 11 is 12.8. The van der Waals surface area contributed by atoms with E-state index in [1.54, 1.807) is 24.3 Å². The number of ether oxygens (including phenoxy) is 2. The number of aliphatic hydroxyl groups excluding tert-OH is 1. The number of rotatable bonds is 12. The molecule has 0 radical (unpaired) electrons. The molecule has 2 aromatic carbocycles. The highest BCUT2D eigenvalue weighted by molar-refractivity contribution is 7.88. The second-order valence-corrected chi connectivity index (χ2v) is 10.9. The van der Waals surface area contributed by atoms with Crippen LogP contribution >= 0.6 is 23.2 Å². The van der Waals surface area contributed by atoms with E-state index in [-0.39, 0.29) is 25.5 Å². The molecule has 0 aliphatic heterocycles. The lowest BCUT2D eigenvalue weighted by Crippen LogP contribution is -2.31. The molecule has 0 aromatic heterocycles. The number of Topliss-reactive ketones (excluding diaryl/α,β-unsaturated/α-hetero) is 1. The molecule has 33 heavy (non-hydrogen) atoms. The first-order valence-corrected chi connectivity index (χ1v) is 13.0. The highest BCUT2D eigenvalue weighted by Crippen LogP contribution is 2.40. The third kappa shape index (κ3) is 8.15. The molecule has 7 nitrogen and oxygen atoms in total. The quantitative estimate of drug-likeness (QED) is 0.441. The van der Waals surface area contributed by atoms with Crippen LogP contribution in [-0.2, 0) is 20.2 Å². The fraction of sp³-hybridized carbons (Fsp3) is 0.435. The lowest BCUT2D eigenvalue weighted by atomic mass is 9.78. The third-order valence-electron chi connectivity index (χ3n) is 5.12. The van der Waals surface area contributed by atoms with Gasteiger partial charge in [-0.05, 0) is 41.8 Å². The zero-order valence-corrected chi connectivity index (χ0v) is 21.4. The van der Waals surface area contributed by atoms with Gasteiger partial charge in [0.15, 0.2) is 11.5 Å². The predicted molar refractivity (Wildman–Crippen MR) is 130 cm³/mol. The molecule has 0 bridgehead atoms. The van der Waals surface area contributed by atoms with E-state index >= 15 is 0 Å². The lowest BCUT2D eigenvalue weighted by molar-refractivity contribution is -0.119. The largest absolute Gasteiger partial charge is 0.488 e. The van der Waals surface area contributed by atoms with Crippen molar-refractivity contribution in [3.05, 3.63) is 57.6 Å². The first kappa shape index (κ1) is 27.4. The smallest absolute Gasteiger partial charge is 0.209 e. The van der Waals surface area contributed by atoms with Crippen LogP contribution in [0.1, 0.15) is 38.3 Å². The molecular weight excluding hydrogens is 489 g/mol. The molecule has 0 fully saturated rings. The Balaban J connectivity index is 2.09. The van der Waals surface area contributed by atoms with E-state index in [1.807, 2.05) is 32.9 Å². The van der Waals surface area contributed by atoms with E-state index in [0.717, 1.165) is 17.4 Å². The fourth-order valence-corrected chi connectivity index (χ4v) is 3.94. The van der Waals surface area contributed by atoms with Gasteiger partial charge in [-0.25, -0.2) is 13.1 Å². The van der Waals surface area contributed by atoms with Crippen molar-refractivity contribution in [3.63, 3.8) is 0 Å². The Bertz CT molecular complexity index is 1050. The zero-order chi connectivity index (χ0) is 24.8. The first-order valence-electron chi connectivity index (χ1n) is 10.3. The van der Waals surface area contributed by atoms with Crippen LogP contribution in [0.25, 0.3) is 0 Å². The second kappa shape index (κ2) is 11.5. The molecule has 1 atom stereocenters. The van der Waals surface area contributed by atoms with Crippen LogP contribution in [-0.4, -0.2) is 51.4 Å². The Labute approximate surface area is 205 Å². The van der Waals surface area contributed by atoms with Gasteiger partial charge in [-0.2, -0.15) is 0 Å². The standard InChI is InChI=1S/C23H29Cl2NO6S/c1-5-17(27)13-32-22-20(24)10-16(11-21(22)25)23(2,3)15-6-8-19(9-7-15)31-14-18(28)12-26-33(4,29)30/h6-11,17,26-27H,5,12-14H2,1-4H3. The highest BCUT2D eigenvalue weighted by atomic mass is 35.5. The van der Waals surface area contributed by atoms with Crippen molar-refractivity contribution < 1.29 is 27.8 Å². The van der Waals surface area contributed by atoms with Gasteiger partial charge < -0.3 is 14.6 Å². The molecule has 0 amide bonds. The van der Waals surface area contributed by atoms with Crippen LogP contribution < -0.4 is 14.2 Å². The van der Waals surface area contributed by atoms with E-state index in [0.29, 0.717) is 28.0 Å². The van der Waals surface area contributed by atoms with Gasteiger partial charge in [0.05, 0.1) is 28.9 Å². The number of hydrogen-bond donors (Lipinski definition) is 2. The van der Waals surface area contributed by atoms with Crippen molar-refractivity contribution in [1.82, 2.24) is 4.72 Å². The van der Waals surface area contributed by atoms with E-state index in [2.05, 4.69) is 4.72 Å². The zero-order valence-electron chi connectivity index (χ0n) is 19.0. The monoisotopic (exact) mass is 517 g/mol. The van der Waals surface area contributed by atoms with Gasteiger partial charge in [-0.1, -0.05) is 56.1 Å². The number of aliphatic hydroxyl groups is 1. The maximum Gasteiger partial charge on any atom is 0.209 e. The summed E-state index contributed by atoms with van der Waals surface area (Å²) in [5, 5.41) is 10.4. The van der Waals surface area contributed by atoms with E-state index < -0.39 is 21.5 Å².